The summed E-state index contributed by atoms with van der Waals surface area (Å²) in [4.78, 5) is 15.0. The molecule has 0 bridgehead atoms. The third kappa shape index (κ3) is 4.96. The Morgan fingerprint density at radius 3 is 2.52 bits per heavy atom. The van der Waals surface area contributed by atoms with Gasteiger partial charge in [-0.25, -0.2) is 8.42 Å². The number of anilines is 2. The van der Waals surface area contributed by atoms with Gasteiger partial charge in [-0.05, 0) is 74.0 Å². The van der Waals surface area contributed by atoms with E-state index in [1.807, 2.05) is 12.1 Å². The van der Waals surface area contributed by atoms with Gasteiger partial charge in [-0.15, -0.1) is 0 Å². The van der Waals surface area contributed by atoms with Gasteiger partial charge in [0, 0.05) is 17.3 Å². The van der Waals surface area contributed by atoms with E-state index in [1.165, 1.54) is 0 Å². The molecule has 10 heteroatoms. The maximum Gasteiger partial charge on any atom is 0.235 e. The topological polar surface area (TPSA) is 99.2 Å². The zero-order valence-corrected chi connectivity index (χ0v) is 20.0. The highest BCUT2D eigenvalue weighted by molar-refractivity contribution is 7.92. The smallest absolute Gasteiger partial charge is 0.235 e. The number of nitrogens with zero attached hydrogens (tertiary/aromatic N) is 2. The van der Waals surface area contributed by atoms with Gasteiger partial charge < -0.3 is 15.2 Å². The van der Waals surface area contributed by atoms with Crippen LogP contribution in [0.3, 0.4) is 0 Å². The van der Waals surface area contributed by atoms with Crippen molar-refractivity contribution in [2.24, 2.45) is 0 Å². The lowest BCUT2D eigenvalue weighted by Gasteiger charge is -2.38. The number of sulfonamides is 1. The lowest BCUT2D eigenvalue weighted by molar-refractivity contribution is -0.122. The fourth-order valence-electron chi connectivity index (χ4n) is 4.62. The number of aliphatic hydroxyl groups excluding tert-OH is 1. The second-order valence-corrected chi connectivity index (χ2v) is 10.8. The molecular weight excluding hydrogens is 466 g/mol. The van der Waals surface area contributed by atoms with Crippen molar-refractivity contribution in [2.45, 2.75) is 18.3 Å². The van der Waals surface area contributed by atoms with Gasteiger partial charge in [0.15, 0.2) is 0 Å². The van der Waals surface area contributed by atoms with Gasteiger partial charge in [-0.2, -0.15) is 0 Å². The molecule has 1 saturated heterocycles. The Morgan fingerprint density at radius 1 is 1.18 bits per heavy atom. The summed E-state index contributed by atoms with van der Waals surface area (Å²) in [6.07, 6.45) is 2.57. The lowest BCUT2D eigenvalue weighted by atomic mass is 9.73. The van der Waals surface area contributed by atoms with E-state index in [0.29, 0.717) is 23.1 Å². The number of likely N-dealkylation sites (tertiary alicyclic amines) is 1. The molecule has 0 aliphatic carbocycles. The highest BCUT2D eigenvalue weighted by Gasteiger charge is 2.48. The van der Waals surface area contributed by atoms with Crippen molar-refractivity contribution >= 4 is 38.9 Å². The molecule has 0 aromatic heterocycles. The Hall–Kier alpha value is -2.33. The quantitative estimate of drug-likeness (QED) is 0.586. The largest absolute Gasteiger partial charge is 0.492 e. The summed E-state index contributed by atoms with van der Waals surface area (Å²) >= 11 is 6.18. The van der Waals surface area contributed by atoms with Crippen molar-refractivity contribution in [2.75, 3.05) is 55.3 Å². The Morgan fingerprint density at radius 2 is 1.88 bits per heavy atom. The number of ether oxygens (including phenoxy) is 1. The molecule has 2 aliphatic rings. The number of rotatable bonds is 8. The summed E-state index contributed by atoms with van der Waals surface area (Å²) in [6.45, 7) is 2.51. The van der Waals surface area contributed by atoms with Crippen LogP contribution in [-0.2, 0) is 20.2 Å². The van der Waals surface area contributed by atoms with E-state index in [2.05, 4.69) is 10.2 Å². The van der Waals surface area contributed by atoms with Crippen molar-refractivity contribution < 1.29 is 23.1 Å². The van der Waals surface area contributed by atoms with Crippen molar-refractivity contribution in [1.82, 2.24) is 4.90 Å². The molecule has 0 radical (unpaired) electrons. The van der Waals surface area contributed by atoms with Gasteiger partial charge in [0.1, 0.15) is 12.4 Å². The van der Waals surface area contributed by atoms with E-state index >= 15 is 0 Å². The first-order valence-electron chi connectivity index (χ1n) is 10.9. The first kappa shape index (κ1) is 23.8. The highest BCUT2D eigenvalue weighted by atomic mass is 35.5. The number of piperidine rings is 1. The molecule has 2 N–H and O–H groups in total. The van der Waals surface area contributed by atoms with Crippen LogP contribution in [0, 0.1) is 0 Å². The first-order valence-corrected chi connectivity index (χ1v) is 13.1. The number of aliphatic hydroxyl groups is 1. The molecule has 1 fully saturated rings. The van der Waals surface area contributed by atoms with Crippen molar-refractivity contribution in [1.29, 1.82) is 0 Å². The van der Waals surface area contributed by atoms with Crippen molar-refractivity contribution in [3.8, 4) is 5.75 Å². The normalized spacial score (nSPS) is 17.6. The van der Waals surface area contributed by atoms with Gasteiger partial charge in [0.25, 0.3) is 0 Å². The Balaban J connectivity index is 1.30. The predicted octanol–water partition coefficient (Wildman–Crippen LogP) is 2.46. The molecule has 2 aliphatic heterocycles. The first-order chi connectivity index (χ1) is 15.7. The number of carbonyl (C=O) groups excluding carboxylic acids is 1. The average Bonchev–Trinajstić information content (AvgIpc) is 3.04. The maximum atomic E-state index is 12.8. The molecule has 4 rings (SSSR count). The number of fused-ring (bicyclic) bond motifs is 2. The number of nitrogens with one attached hydrogen (secondary N) is 1. The molecule has 2 aromatic rings. The minimum atomic E-state index is -3.47. The summed E-state index contributed by atoms with van der Waals surface area (Å²) in [5.74, 6) is 0.698. The number of hydrogen-bond donors (Lipinski definition) is 2. The third-order valence-corrected chi connectivity index (χ3v) is 7.82. The van der Waals surface area contributed by atoms with Crippen LogP contribution in [-0.4, -0.2) is 70.0 Å². The van der Waals surface area contributed by atoms with Crippen LogP contribution in [0.5, 0.6) is 5.75 Å². The van der Waals surface area contributed by atoms with E-state index in [9.17, 15) is 13.2 Å². The van der Waals surface area contributed by atoms with Crippen LogP contribution in [0.2, 0.25) is 5.02 Å². The fraction of sp³-hybridized carbons (Fsp3) is 0.435. The summed E-state index contributed by atoms with van der Waals surface area (Å²) in [6, 6.07) is 12.3. The molecule has 0 saturated carbocycles. The molecular formula is C23H28ClN3O5S. The van der Waals surface area contributed by atoms with Crippen molar-refractivity contribution in [3.05, 3.63) is 53.1 Å². The third-order valence-electron chi connectivity index (χ3n) is 6.39. The minimum Gasteiger partial charge on any atom is -0.492 e. The van der Waals surface area contributed by atoms with Crippen LogP contribution in [0.4, 0.5) is 11.4 Å². The van der Waals surface area contributed by atoms with Gasteiger partial charge >= 0.3 is 0 Å². The molecule has 1 amide bonds. The van der Waals surface area contributed by atoms with Crippen LogP contribution in [0.1, 0.15) is 18.4 Å². The number of benzene rings is 2. The lowest BCUT2D eigenvalue weighted by Crippen LogP contribution is -2.47. The molecule has 2 aromatic carbocycles. The maximum absolute atomic E-state index is 12.8. The van der Waals surface area contributed by atoms with Gasteiger partial charge in [0.05, 0.1) is 30.5 Å². The number of halogens is 1. The van der Waals surface area contributed by atoms with Gasteiger partial charge in [0.2, 0.25) is 15.9 Å². The average molecular weight is 494 g/mol. The SMILES string of the molecule is CS(=O)(=O)N(CCO)c1ccc(OCCN2CCC3(CC2)C(=O)Nc2ccc(Cl)cc23)cc1. The molecule has 33 heavy (non-hydrogen) atoms. The highest BCUT2D eigenvalue weighted by Crippen LogP contribution is 2.45. The van der Waals surface area contributed by atoms with Crippen molar-refractivity contribution in [3.63, 3.8) is 0 Å². The zero-order valence-electron chi connectivity index (χ0n) is 18.5. The van der Waals surface area contributed by atoms with E-state index in [1.54, 1.807) is 30.3 Å². The van der Waals surface area contributed by atoms with Gasteiger partial charge in [-0.1, -0.05) is 11.6 Å². The molecule has 0 unspecified atom stereocenters. The van der Waals surface area contributed by atoms with Crippen LogP contribution in [0.25, 0.3) is 0 Å². The van der Waals surface area contributed by atoms with E-state index in [4.69, 9.17) is 21.4 Å². The molecule has 0 atom stereocenters. The summed E-state index contributed by atoms with van der Waals surface area (Å²) < 4.78 is 30.8. The van der Waals surface area contributed by atoms with Crippen LogP contribution < -0.4 is 14.4 Å². The molecule has 2 heterocycles. The second-order valence-electron chi connectivity index (χ2n) is 8.47. The number of carbonyl (C=O) groups is 1. The van der Waals surface area contributed by atoms with E-state index < -0.39 is 15.4 Å². The summed E-state index contributed by atoms with van der Waals surface area (Å²) in [7, 11) is -3.47. The Labute approximate surface area is 199 Å². The minimum absolute atomic E-state index is 0.00416. The predicted molar refractivity (Wildman–Crippen MR) is 129 cm³/mol. The zero-order chi connectivity index (χ0) is 23.6. The molecule has 8 nitrogen and oxygen atoms in total. The standard InChI is InChI=1S/C23H28ClN3O5S/c1-33(30,31)27(12-14-28)18-3-5-19(6-4-18)32-15-13-26-10-8-23(9-11-26)20-16-17(24)2-7-21(20)25-22(23)29/h2-7,16,28H,8-15H2,1H3,(H,25,29). The van der Waals surface area contributed by atoms with Gasteiger partial charge in [-0.3, -0.25) is 14.0 Å². The molecule has 1 spiro atoms. The molecule has 178 valence electrons. The summed E-state index contributed by atoms with van der Waals surface area (Å²) in [5, 5.41) is 12.8. The van der Waals surface area contributed by atoms with E-state index in [0.717, 1.165) is 54.3 Å². The number of amides is 1. The fourth-order valence-corrected chi connectivity index (χ4v) is 5.71. The Kier molecular flexibility index (Phi) is 6.86. The Bertz CT molecular complexity index is 1120. The van der Waals surface area contributed by atoms with Crippen LogP contribution in [0.15, 0.2) is 42.5 Å². The summed E-state index contributed by atoms with van der Waals surface area (Å²) in [5.41, 5.74) is 1.84. The monoisotopic (exact) mass is 493 g/mol. The second kappa shape index (κ2) is 9.50. The van der Waals surface area contributed by atoms with E-state index in [-0.39, 0.29) is 19.1 Å². The van der Waals surface area contributed by atoms with Crippen LogP contribution >= 0.6 is 11.6 Å². The number of hydrogen-bond acceptors (Lipinski definition) is 6.